The van der Waals surface area contributed by atoms with Gasteiger partial charge in [-0.15, -0.1) is 0 Å². The van der Waals surface area contributed by atoms with Crippen molar-refractivity contribution >= 4 is 0 Å². The molecule has 1 N–H and O–H groups in total. The highest BCUT2D eigenvalue weighted by atomic mass is 16.5. The van der Waals surface area contributed by atoms with Crippen LogP contribution in [-0.2, 0) is 4.74 Å². The van der Waals surface area contributed by atoms with E-state index in [2.05, 4.69) is 19.2 Å². The van der Waals surface area contributed by atoms with Gasteiger partial charge in [-0.2, -0.15) is 0 Å². The van der Waals surface area contributed by atoms with Crippen LogP contribution >= 0.6 is 0 Å². The Hall–Kier alpha value is -0.0800. The molecule has 1 saturated carbocycles. The van der Waals surface area contributed by atoms with Crippen molar-refractivity contribution in [2.75, 3.05) is 13.7 Å². The average molecular weight is 199 g/mol. The van der Waals surface area contributed by atoms with E-state index in [1.54, 1.807) is 7.11 Å². The molecule has 1 aliphatic carbocycles. The largest absolute Gasteiger partial charge is 0.383 e. The third-order valence-electron chi connectivity index (χ3n) is 3.32. The number of hydrogen-bond acceptors (Lipinski definition) is 2. The molecule has 1 unspecified atom stereocenters. The quantitative estimate of drug-likeness (QED) is 0.735. The number of nitrogens with one attached hydrogen (secondary N) is 1. The SMILES string of the molecule is COCC(C)N[C@H](C)C1CCCCC1. The van der Waals surface area contributed by atoms with Crippen molar-refractivity contribution < 1.29 is 4.74 Å². The molecule has 2 heteroatoms. The molecule has 1 rings (SSSR count). The Morgan fingerprint density at radius 3 is 2.43 bits per heavy atom. The van der Waals surface area contributed by atoms with Crippen molar-refractivity contribution in [1.29, 1.82) is 0 Å². The van der Waals surface area contributed by atoms with Gasteiger partial charge in [0.05, 0.1) is 6.61 Å². The van der Waals surface area contributed by atoms with Gasteiger partial charge >= 0.3 is 0 Å². The molecule has 0 aromatic rings. The van der Waals surface area contributed by atoms with E-state index in [1.165, 1.54) is 32.1 Å². The van der Waals surface area contributed by atoms with E-state index in [9.17, 15) is 0 Å². The van der Waals surface area contributed by atoms with Crippen LogP contribution in [0.1, 0.15) is 46.0 Å². The fourth-order valence-corrected chi connectivity index (χ4v) is 2.52. The Morgan fingerprint density at radius 1 is 1.21 bits per heavy atom. The van der Waals surface area contributed by atoms with Crippen LogP contribution in [0.2, 0.25) is 0 Å². The molecule has 0 aromatic heterocycles. The zero-order valence-electron chi connectivity index (χ0n) is 9.88. The molecule has 0 spiro atoms. The molecule has 0 amide bonds. The second-order valence-electron chi connectivity index (χ2n) is 4.71. The molecule has 84 valence electrons. The minimum Gasteiger partial charge on any atom is -0.383 e. The van der Waals surface area contributed by atoms with Crippen LogP contribution in [0.25, 0.3) is 0 Å². The Bertz CT molecular complexity index is 143. The fourth-order valence-electron chi connectivity index (χ4n) is 2.52. The summed E-state index contributed by atoms with van der Waals surface area (Å²) in [5, 5.41) is 3.63. The first-order valence-corrected chi connectivity index (χ1v) is 5.99. The van der Waals surface area contributed by atoms with Crippen LogP contribution in [0.3, 0.4) is 0 Å². The van der Waals surface area contributed by atoms with Gasteiger partial charge in [0.2, 0.25) is 0 Å². The molecule has 0 aliphatic heterocycles. The molecule has 1 aliphatic rings. The normalized spacial score (nSPS) is 23.4. The third-order valence-corrected chi connectivity index (χ3v) is 3.32. The monoisotopic (exact) mass is 199 g/mol. The van der Waals surface area contributed by atoms with Crippen LogP contribution in [-0.4, -0.2) is 25.8 Å². The number of ether oxygens (including phenoxy) is 1. The average Bonchev–Trinajstić information content (AvgIpc) is 2.19. The predicted molar refractivity (Wildman–Crippen MR) is 60.5 cm³/mol. The second kappa shape index (κ2) is 6.41. The van der Waals surface area contributed by atoms with E-state index in [4.69, 9.17) is 4.74 Å². The Kier molecular flexibility index (Phi) is 5.49. The summed E-state index contributed by atoms with van der Waals surface area (Å²) in [5.74, 6) is 0.892. The predicted octanol–water partition coefficient (Wildman–Crippen LogP) is 2.58. The summed E-state index contributed by atoms with van der Waals surface area (Å²) < 4.78 is 5.13. The first-order chi connectivity index (χ1) is 6.74. The van der Waals surface area contributed by atoms with Crippen LogP contribution in [0.5, 0.6) is 0 Å². The second-order valence-corrected chi connectivity index (χ2v) is 4.71. The lowest BCUT2D eigenvalue weighted by molar-refractivity contribution is 0.157. The molecule has 14 heavy (non-hydrogen) atoms. The summed E-state index contributed by atoms with van der Waals surface area (Å²) >= 11 is 0. The summed E-state index contributed by atoms with van der Waals surface area (Å²) in [4.78, 5) is 0. The number of hydrogen-bond donors (Lipinski definition) is 1. The van der Waals surface area contributed by atoms with E-state index >= 15 is 0 Å². The highest BCUT2D eigenvalue weighted by Gasteiger charge is 2.20. The van der Waals surface area contributed by atoms with E-state index in [0.717, 1.165) is 12.5 Å². The summed E-state index contributed by atoms with van der Waals surface area (Å²) in [6, 6.07) is 1.14. The minimum absolute atomic E-state index is 0.483. The van der Waals surface area contributed by atoms with E-state index in [1.807, 2.05) is 0 Å². The molecule has 2 atom stereocenters. The van der Waals surface area contributed by atoms with Crippen molar-refractivity contribution in [3.63, 3.8) is 0 Å². The first-order valence-electron chi connectivity index (χ1n) is 5.99. The van der Waals surface area contributed by atoms with Gasteiger partial charge in [0.15, 0.2) is 0 Å². The van der Waals surface area contributed by atoms with Crippen LogP contribution in [0, 0.1) is 5.92 Å². The van der Waals surface area contributed by atoms with E-state index in [-0.39, 0.29) is 0 Å². The summed E-state index contributed by atoms with van der Waals surface area (Å²) in [7, 11) is 1.77. The maximum atomic E-state index is 5.13. The molecular weight excluding hydrogens is 174 g/mol. The van der Waals surface area contributed by atoms with Gasteiger partial charge in [-0.1, -0.05) is 19.3 Å². The third kappa shape index (κ3) is 3.97. The fraction of sp³-hybridized carbons (Fsp3) is 1.00. The highest BCUT2D eigenvalue weighted by Crippen LogP contribution is 2.26. The van der Waals surface area contributed by atoms with Crippen molar-refractivity contribution in [3.8, 4) is 0 Å². The van der Waals surface area contributed by atoms with Gasteiger partial charge in [-0.05, 0) is 32.6 Å². The highest BCUT2D eigenvalue weighted by molar-refractivity contribution is 4.77. The van der Waals surface area contributed by atoms with Gasteiger partial charge < -0.3 is 10.1 Å². The van der Waals surface area contributed by atoms with Crippen molar-refractivity contribution in [2.24, 2.45) is 5.92 Å². The standard InChI is InChI=1S/C12H25NO/c1-10(9-14-3)13-11(2)12-7-5-4-6-8-12/h10-13H,4-9H2,1-3H3/t10?,11-/m1/s1. The Balaban J connectivity index is 2.21. The molecule has 0 bridgehead atoms. The maximum Gasteiger partial charge on any atom is 0.0613 e. The van der Waals surface area contributed by atoms with Crippen LogP contribution in [0.4, 0.5) is 0 Å². The molecular formula is C12H25NO. The van der Waals surface area contributed by atoms with Crippen molar-refractivity contribution in [3.05, 3.63) is 0 Å². The molecule has 1 fully saturated rings. The van der Waals surface area contributed by atoms with Crippen LogP contribution in [0.15, 0.2) is 0 Å². The molecule has 0 heterocycles. The van der Waals surface area contributed by atoms with Crippen LogP contribution < -0.4 is 5.32 Å². The van der Waals surface area contributed by atoms with Crippen molar-refractivity contribution in [2.45, 2.75) is 58.0 Å². The lowest BCUT2D eigenvalue weighted by Crippen LogP contribution is -2.42. The lowest BCUT2D eigenvalue weighted by atomic mass is 9.84. The Labute approximate surface area is 88.4 Å². The van der Waals surface area contributed by atoms with Gasteiger partial charge in [0.1, 0.15) is 0 Å². The van der Waals surface area contributed by atoms with E-state index in [0.29, 0.717) is 12.1 Å². The van der Waals surface area contributed by atoms with Gasteiger partial charge in [-0.3, -0.25) is 0 Å². The number of methoxy groups -OCH3 is 1. The summed E-state index contributed by atoms with van der Waals surface area (Å²) in [6.07, 6.45) is 7.11. The van der Waals surface area contributed by atoms with Gasteiger partial charge in [0.25, 0.3) is 0 Å². The summed E-state index contributed by atoms with van der Waals surface area (Å²) in [5.41, 5.74) is 0. The first kappa shape index (κ1) is 12.0. The molecule has 0 radical (unpaired) electrons. The van der Waals surface area contributed by atoms with Gasteiger partial charge in [-0.25, -0.2) is 0 Å². The smallest absolute Gasteiger partial charge is 0.0613 e. The zero-order chi connectivity index (χ0) is 10.4. The van der Waals surface area contributed by atoms with Crippen molar-refractivity contribution in [1.82, 2.24) is 5.32 Å². The molecule has 2 nitrogen and oxygen atoms in total. The number of rotatable bonds is 5. The molecule has 0 saturated heterocycles. The molecule has 0 aromatic carbocycles. The summed E-state index contributed by atoms with van der Waals surface area (Å²) in [6.45, 7) is 5.34. The topological polar surface area (TPSA) is 21.3 Å². The zero-order valence-corrected chi connectivity index (χ0v) is 9.88. The van der Waals surface area contributed by atoms with E-state index < -0.39 is 0 Å². The minimum atomic E-state index is 0.483. The Morgan fingerprint density at radius 2 is 1.86 bits per heavy atom. The van der Waals surface area contributed by atoms with Gasteiger partial charge in [0, 0.05) is 19.2 Å². The maximum absolute atomic E-state index is 5.13. The lowest BCUT2D eigenvalue weighted by Gasteiger charge is -2.30.